The van der Waals surface area contributed by atoms with Gasteiger partial charge in [0, 0.05) is 11.3 Å². The molecule has 3 aromatic rings. The van der Waals surface area contributed by atoms with Crippen LogP contribution in [0.15, 0.2) is 60.7 Å². The van der Waals surface area contributed by atoms with Crippen LogP contribution < -0.4 is 5.73 Å². The Labute approximate surface area is 105 Å². The standard InChI is InChI=1S/C16H12FN/c17-12-8-9-15(16(18)10-12)14-7-3-5-11-4-1-2-6-13(11)14/h1-10H,18H2. The van der Waals surface area contributed by atoms with Crippen LogP contribution in [0.2, 0.25) is 0 Å². The Kier molecular flexibility index (Phi) is 2.49. The minimum atomic E-state index is -0.309. The van der Waals surface area contributed by atoms with E-state index in [1.165, 1.54) is 12.1 Å². The third-order valence-electron chi connectivity index (χ3n) is 3.09. The van der Waals surface area contributed by atoms with Crippen molar-refractivity contribution in [2.75, 3.05) is 5.73 Å². The van der Waals surface area contributed by atoms with Crippen LogP contribution in [0.25, 0.3) is 21.9 Å². The number of fused-ring (bicyclic) bond motifs is 1. The fraction of sp³-hybridized carbons (Fsp3) is 0. The number of anilines is 1. The molecule has 0 spiro atoms. The van der Waals surface area contributed by atoms with E-state index in [0.29, 0.717) is 5.69 Å². The van der Waals surface area contributed by atoms with Crippen LogP contribution in [0, 0.1) is 5.82 Å². The molecular formula is C16H12FN. The summed E-state index contributed by atoms with van der Waals surface area (Å²) >= 11 is 0. The van der Waals surface area contributed by atoms with Gasteiger partial charge in [-0.3, -0.25) is 0 Å². The number of benzene rings is 3. The smallest absolute Gasteiger partial charge is 0.125 e. The van der Waals surface area contributed by atoms with Crippen LogP contribution in [0.3, 0.4) is 0 Å². The van der Waals surface area contributed by atoms with Crippen molar-refractivity contribution in [2.45, 2.75) is 0 Å². The first-order valence-electron chi connectivity index (χ1n) is 5.79. The van der Waals surface area contributed by atoms with E-state index < -0.39 is 0 Å². The van der Waals surface area contributed by atoms with E-state index in [1.807, 2.05) is 30.3 Å². The van der Waals surface area contributed by atoms with Crippen LogP contribution >= 0.6 is 0 Å². The van der Waals surface area contributed by atoms with Crippen molar-refractivity contribution in [1.82, 2.24) is 0 Å². The van der Waals surface area contributed by atoms with Gasteiger partial charge in [-0.1, -0.05) is 42.5 Å². The molecule has 2 N–H and O–H groups in total. The molecule has 0 atom stereocenters. The molecule has 0 aromatic heterocycles. The average molecular weight is 237 g/mol. The van der Waals surface area contributed by atoms with Crippen molar-refractivity contribution in [1.29, 1.82) is 0 Å². The number of nitrogen functional groups attached to an aromatic ring is 1. The third kappa shape index (κ3) is 1.72. The lowest BCUT2D eigenvalue weighted by Crippen LogP contribution is -1.91. The highest BCUT2D eigenvalue weighted by Crippen LogP contribution is 2.32. The van der Waals surface area contributed by atoms with Gasteiger partial charge in [0.05, 0.1) is 0 Å². The van der Waals surface area contributed by atoms with E-state index in [0.717, 1.165) is 21.9 Å². The van der Waals surface area contributed by atoms with E-state index in [1.54, 1.807) is 6.07 Å². The van der Waals surface area contributed by atoms with Gasteiger partial charge in [-0.25, -0.2) is 4.39 Å². The molecule has 1 nitrogen and oxygen atoms in total. The Hall–Kier alpha value is -2.35. The van der Waals surface area contributed by atoms with Gasteiger partial charge in [0.15, 0.2) is 0 Å². The summed E-state index contributed by atoms with van der Waals surface area (Å²) in [7, 11) is 0. The van der Waals surface area contributed by atoms with E-state index in [9.17, 15) is 4.39 Å². The predicted molar refractivity (Wildman–Crippen MR) is 73.8 cm³/mol. The molecule has 0 aliphatic carbocycles. The monoisotopic (exact) mass is 237 g/mol. The van der Waals surface area contributed by atoms with Gasteiger partial charge in [-0.05, 0) is 34.5 Å². The Morgan fingerprint density at radius 3 is 2.39 bits per heavy atom. The van der Waals surface area contributed by atoms with Crippen LogP contribution in [-0.4, -0.2) is 0 Å². The summed E-state index contributed by atoms with van der Waals surface area (Å²) in [5.41, 5.74) is 8.27. The number of nitrogens with two attached hydrogens (primary N) is 1. The lowest BCUT2D eigenvalue weighted by atomic mass is 9.97. The molecular weight excluding hydrogens is 225 g/mol. The van der Waals surface area contributed by atoms with Gasteiger partial charge in [-0.2, -0.15) is 0 Å². The van der Waals surface area contributed by atoms with Crippen molar-refractivity contribution in [3.63, 3.8) is 0 Å². The van der Waals surface area contributed by atoms with Gasteiger partial charge in [0.25, 0.3) is 0 Å². The highest BCUT2D eigenvalue weighted by molar-refractivity contribution is 5.99. The minimum absolute atomic E-state index is 0.309. The summed E-state index contributed by atoms with van der Waals surface area (Å²) in [4.78, 5) is 0. The van der Waals surface area contributed by atoms with Gasteiger partial charge in [0.1, 0.15) is 5.82 Å². The second-order valence-electron chi connectivity index (χ2n) is 4.26. The minimum Gasteiger partial charge on any atom is -0.398 e. The molecule has 0 aliphatic rings. The first kappa shape index (κ1) is 10.8. The zero-order chi connectivity index (χ0) is 12.5. The Balaban J connectivity index is 2.31. The van der Waals surface area contributed by atoms with Crippen molar-refractivity contribution < 1.29 is 4.39 Å². The third-order valence-corrected chi connectivity index (χ3v) is 3.09. The summed E-state index contributed by atoms with van der Waals surface area (Å²) in [6, 6.07) is 18.7. The number of hydrogen-bond donors (Lipinski definition) is 1. The summed E-state index contributed by atoms with van der Waals surface area (Å²) < 4.78 is 13.1. The van der Waals surface area contributed by atoms with Gasteiger partial charge >= 0.3 is 0 Å². The summed E-state index contributed by atoms with van der Waals surface area (Å²) in [5, 5.41) is 2.28. The molecule has 0 radical (unpaired) electrons. The number of hydrogen-bond acceptors (Lipinski definition) is 1. The summed E-state index contributed by atoms with van der Waals surface area (Å²) in [6.07, 6.45) is 0. The van der Waals surface area contributed by atoms with Gasteiger partial charge in [0.2, 0.25) is 0 Å². The van der Waals surface area contributed by atoms with E-state index in [4.69, 9.17) is 5.73 Å². The van der Waals surface area contributed by atoms with Crippen molar-refractivity contribution in [2.24, 2.45) is 0 Å². The average Bonchev–Trinajstić information content (AvgIpc) is 2.38. The van der Waals surface area contributed by atoms with Crippen molar-refractivity contribution in [3.8, 4) is 11.1 Å². The molecule has 0 heterocycles. The molecule has 3 aromatic carbocycles. The maximum Gasteiger partial charge on any atom is 0.125 e. The molecule has 2 heteroatoms. The normalized spacial score (nSPS) is 10.7. The SMILES string of the molecule is Nc1cc(F)ccc1-c1cccc2ccccc12. The summed E-state index contributed by atoms with van der Waals surface area (Å²) in [5.74, 6) is -0.309. The van der Waals surface area contributed by atoms with Crippen LogP contribution in [0.4, 0.5) is 10.1 Å². The fourth-order valence-corrected chi connectivity index (χ4v) is 2.24. The zero-order valence-electron chi connectivity index (χ0n) is 9.73. The van der Waals surface area contributed by atoms with Gasteiger partial charge < -0.3 is 5.73 Å². The van der Waals surface area contributed by atoms with Crippen LogP contribution in [0.5, 0.6) is 0 Å². The van der Waals surface area contributed by atoms with Crippen LogP contribution in [0.1, 0.15) is 0 Å². The lowest BCUT2D eigenvalue weighted by Gasteiger charge is -2.09. The molecule has 88 valence electrons. The zero-order valence-corrected chi connectivity index (χ0v) is 9.73. The quantitative estimate of drug-likeness (QED) is 0.630. The molecule has 0 saturated carbocycles. The molecule has 0 fully saturated rings. The Bertz CT molecular complexity index is 714. The Morgan fingerprint density at radius 1 is 0.778 bits per heavy atom. The summed E-state index contributed by atoms with van der Waals surface area (Å²) in [6.45, 7) is 0. The molecule has 0 bridgehead atoms. The van der Waals surface area contributed by atoms with E-state index in [-0.39, 0.29) is 5.82 Å². The fourth-order valence-electron chi connectivity index (χ4n) is 2.24. The highest BCUT2D eigenvalue weighted by Gasteiger charge is 2.07. The molecule has 0 amide bonds. The highest BCUT2D eigenvalue weighted by atomic mass is 19.1. The molecule has 0 aliphatic heterocycles. The number of rotatable bonds is 1. The van der Waals surface area contributed by atoms with Crippen LogP contribution in [-0.2, 0) is 0 Å². The van der Waals surface area contributed by atoms with Gasteiger partial charge in [-0.15, -0.1) is 0 Å². The lowest BCUT2D eigenvalue weighted by molar-refractivity contribution is 0.628. The van der Waals surface area contributed by atoms with Crippen molar-refractivity contribution >= 4 is 16.5 Å². The first-order chi connectivity index (χ1) is 8.75. The number of halogens is 1. The molecule has 3 rings (SSSR count). The topological polar surface area (TPSA) is 26.0 Å². The predicted octanol–water partition coefficient (Wildman–Crippen LogP) is 4.23. The van der Waals surface area contributed by atoms with E-state index in [2.05, 4.69) is 12.1 Å². The second kappa shape index (κ2) is 4.15. The maximum absolute atomic E-state index is 13.1. The van der Waals surface area contributed by atoms with E-state index >= 15 is 0 Å². The molecule has 0 unspecified atom stereocenters. The first-order valence-corrected chi connectivity index (χ1v) is 5.79. The molecule has 18 heavy (non-hydrogen) atoms. The second-order valence-corrected chi connectivity index (χ2v) is 4.26. The van der Waals surface area contributed by atoms with Crippen molar-refractivity contribution in [3.05, 3.63) is 66.5 Å². The Morgan fingerprint density at radius 2 is 1.56 bits per heavy atom. The largest absolute Gasteiger partial charge is 0.398 e. The maximum atomic E-state index is 13.1. The molecule has 0 saturated heterocycles.